The third kappa shape index (κ3) is 5.94. The Bertz CT molecular complexity index is 632. The minimum absolute atomic E-state index is 0.165. The number of hydrogen-bond donors (Lipinski definition) is 3. The summed E-state index contributed by atoms with van der Waals surface area (Å²) >= 11 is 0. The molecule has 0 radical (unpaired) electrons. The lowest BCUT2D eigenvalue weighted by atomic mass is 10.0. The molecule has 2 amide bonds. The van der Waals surface area contributed by atoms with Crippen LogP contribution in [0.3, 0.4) is 0 Å². The summed E-state index contributed by atoms with van der Waals surface area (Å²) in [4.78, 5) is 26.6. The van der Waals surface area contributed by atoms with Crippen LogP contribution >= 0.6 is 0 Å². The predicted octanol–water partition coefficient (Wildman–Crippen LogP) is 2.44. The molecule has 0 saturated carbocycles. The number of carbonyl (C=O) groups is 2. The number of rotatable bonds is 3. The van der Waals surface area contributed by atoms with Gasteiger partial charge in [-0.25, -0.2) is 4.79 Å². The van der Waals surface area contributed by atoms with Crippen LogP contribution in [0, 0.1) is 0 Å². The Labute approximate surface area is 148 Å². The Hall–Kier alpha value is -2.28. The van der Waals surface area contributed by atoms with E-state index in [0.717, 1.165) is 25.9 Å². The molecular weight excluding hydrogens is 320 g/mol. The quantitative estimate of drug-likeness (QED) is 0.729. The van der Waals surface area contributed by atoms with E-state index in [1.165, 1.54) is 0 Å². The van der Waals surface area contributed by atoms with E-state index < -0.39 is 11.7 Å². The second kappa shape index (κ2) is 7.74. The Morgan fingerprint density at radius 3 is 2.48 bits per heavy atom. The molecule has 1 heterocycles. The third-order valence-corrected chi connectivity index (χ3v) is 4.00. The number of carbonyl (C=O) groups excluding carboxylic acids is 2. The van der Waals surface area contributed by atoms with Crippen molar-refractivity contribution in [3.63, 3.8) is 0 Å². The molecule has 0 aliphatic carbocycles. The summed E-state index contributed by atoms with van der Waals surface area (Å²) in [7, 11) is 2.08. The lowest BCUT2D eigenvalue weighted by molar-refractivity contribution is 0.0635. The Morgan fingerprint density at radius 2 is 1.88 bits per heavy atom. The number of hydrogen-bond acceptors (Lipinski definition) is 5. The second-order valence-electron chi connectivity index (χ2n) is 7.48. The maximum atomic E-state index is 12.5. The van der Waals surface area contributed by atoms with Gasteiger partial charge in [-0.05, 0) is 71.9 Å². The average molecular weight is 348 g/mol. The van der Waals surface area contributed by atoms with Gasteiger partial charge in [0.2, 0.25) is 0 Å². The van der Waals surface area contributed by atoms with Crippen LogP contribution < -0.4 is 16.4 Å². The molecule has 7 heteroatoms. The molecule has 1 saturated heterocycles. The summed E-state index contributed by atoms with van der Waals surface area (Å²) < 4.78 is 5.22. The highest BCUT2D eigenvalue weighted by atomic mass is 16.6. The van der Waals surface area contributed by atoms with Crippen LogP contribution in [-0.4, -0.2) is 48.7 Å². The van der Waals surface area contributed by atoms with Crippen molar-refractivity contribution >= 4 is 23.4 Å². The van der Waals surface area contributed by atoms with Gasteiger partial charge in [0.1, 0.15) is 5.60 Å². The summed E-state index contributed by atoms with van der Waals surface area (Å²) in [6, 6.07) is 5.00. The fourth-order valence-corrected chi connectivity index (χ4v) is 2.64. The van der Waals surface area contributed by atoms with Crippen molar-refractivity contribution in [3.05, 3.63) is 23.8 Å². The van der Waals surface area contributed by atoms with E-state index in [-0.39, 0.29) is 11.9 Å². The predicted molar refractivity (Wildman–Crippen MR) is 98.7 cm³/mol. The van der Waals surface area contributed by atoms with Gasteiger partial charge in [0.25, 0.3) is 5.91 Å². The summed E-state index contributed by atoms with van der Waals surface area (Å²) in [6.45, 7) is 7.28. The normalized spacial score (nSPS) is 16.3. The number of piperidine rings is 1. The maximum Gasteiger partial charge on any atom is 0.412 e. The van der Waals surface area contributed by atoms with Crippen LogP contribution in [0.15, 0.2) is 18.2 Å². The van der Waals surface area contributed by atoms with Crippen molar-refractivity contribution in [3.8, 4) is 0 Å². The van der Waals surface area contributed by atoms with Crippen LogP contribution in [0.25, 0.3) is 0 Å². The van der Waals surface area contributed by atoms with Gasteiger partial charge in [-0.3, -0.25) is 10.1 Å². The topological polar surface area (TPSA) is 96.7 Å². The molecule has 7 nitrogen and oxygen atoms in total. The number of nitrogen functional groups attached to an aromatic ring is 1. The van der Waals surface area contributed by atoms with E-state index in [1.807, 2.05) is 0 Å². The van der Waals surface area contributed by atoms with E-state index in [9.17, 15) is 9.59 Å². The van der Waals surface area contributed by atoms with Gasteiger partial charge in [-0.15, -0.1) is 0 Å². The van der Waals surface area contributed by atoms with Gasteiger partial charge in [-0.2, -0.15) is 0 Å². The summed E-state index contributed by atoms with van der Waals surface area (Å²) in [6.07, 6.45) is 1.26. The van der Waals surface area contributed by atoms with E-state index in [0.29, 0.717) is 16.9 Å². The Morgan fingerprint density at radius 1 is 1.24 bits per heavy atom. The molecule has 2 rings (SSSR count). The SMILES string of the molecule is CN1CCC(NC(=O)c2ccc(N)c(NC(=O)OC(C)(C)C)c2)CC1. The van der Waals surface area contributed by atoms with Crippen LogP contribution in [0.5, 0.6) is 0 Å². The highest BCUT2D eigenvalue weighted by Crippen LogP contribution is 2.21. The lowest BCUT2D eigenvalue weighted by Gasteiger charge is -2.29. The highest BCUT2D eigenvalue weighted by Gasteiger charge is 2.20. The zero-order valence-electron chi connectivity index (χ0n) is 15.4. The molecule has 4 N–H and O–H groups in total. The number of benzene rings is 1. The van der Waals surface area contributed by atoms with E-state index in [4.69, 9.17) is 10.5 Å². The van der Waals surface area contributed by atoms with Crippen molar-refractivity contribution < 1.29 is 14.3 Å². The molecule has 1 fully saturated rings. The standard InChI is InChI=1S/C18H28N4O3/c1-18(2,3)25-17(24)21-15-11-12(5-6-14(15)19)16(23)20-13-7-9-22(4)10-8-13/h5-6,11,13H,7-10,19H2,1-4H3,(H,20,23)(H,21,24). The first-order valence-corrected chi connectivity index (χ1v) is 8.53. The molecule has 1 aliphatic heterocycles. The number of nitrogens with two attached hydrogens (primary N) is 1. The number of likely N-dealkylation sites (tertiary alicyclic amines) is 1. The first kappa shape index (κ1) is 19.1. The molecule has 0 spiro atoms. The zero-order chi connectivity index (χ0) is 18.6. The lowest BCUT2D eigenvalue weighted by Crippen LogP contribution is -2.43. The Balaban J connectivity index is 2.02. The van der Waals surface area contributed by atoms with Crippen molar-refractivity contribution in [1.82, 2.24) is 10.2 Å². The number of nitrogens with zero attached hydrogens (tertiary/aromatic N) is 1. The fourth-order valence-electron chi connectivity index (χ4n) is 2.64. The van der Waals surface area contributed by atoms with Gasteiger partial charge in [0.15, 0.2) is 0 Å². The van der Waals surface area contributed by atoms with Crippen LogP contribution in [0.1, 0.15) is 44.0 Å². The van der Waals surface area contributed by atoms with E-state index in [1.54, 1.807) is 39.0 Å². The molecule has 1 aromatic carbocycles. The van der Waals surface area contributed by atoms with Crippen LogP contribution in [0.2, 0.25) is 0 Å². The molecule has 1 aliphatic rings. The first-order chi connectivity index (χ1) is 11.6. The van der Waals surface area contributed by atoms with Crippen LogP contribution in [0.4, 0.5) is 16.2 Å². The van der Waals surface area contributed by atoms with E-state index >= 15 is 0 Å². The molecule has 25 heavy (non-hydrogen) atoms. The molecule has 1 aromatic rings. The Kier molecular flexibility index (Phi) is 5.89. The van der Waals surface area contributed by atoms with Gasteiger partial charge >= 0.3 is 6.09 Å². The molecule has 0 aromatic heterocycles. The molecular formula is C18H28N4O3. The largest absolute Gasteiger partial charge is 0.444 e. The summed E-state index contributed by atoms with van der Waals surface area (Å²) in [5, 5.41) is 5.64. The zero-order valence-corrected chi connectivity index (χ0v) is 15.4. The molecule has 0 bridgehead atoms. The minimum atomic E-state index is -0.609. The van der Waals surface area contributed by atoms with Gasteiger partial charge in [0, 0.05) is 11.6 Å². The van der Waals surface area contributed by atoms with Gasteiger partial charge in [-0.1, -0.05) is 0 Å². The monoisotopic (exact) mass is 348 g/mol. The maximum absolute atomic E-state index is 12.5. The average Bonchev–Trinajstić information content (AvgIpc) is 2.50. The number of ether oxygens (including phenoxy) is 1. The molecule has 138 valence electrons. The highest BCUT2D eigenvalue weighted by molar-refractivity contribution is 5.98. The number of amides is 2. The van der Waals surface area contributed by atoms with Crippen molar-refractivity contribution in [1.29, 1.82) is 0 Å². The second-order valence-corrected chi connectivity index (χ2v) is 7.48. The fraction of sp³-hybridized carbons (Fsp3) is 0.556. The van der Waals surface area contributed by atoms with E-state index in [2.05, 4.69) is 22.6 Å². The molecule has 0 unspecified atom stereocenters. The third-order valence-electron chi connectivity index (χ3n) is 4.00. The number of anilines is 2. The van der Waals surface area contributed by atoms with Gasteiger partial charge in [0.05, 0.1) is 11.4 Å². The molecule has 0 atom stereocenters. The summed E-state index contributed by atoms with van der Waals surface area (Å²) in [5.74, 6) is -0.165. The van der Waals surface area contributed by atoms with Crippen molar-refractivity contribution in [2.75, 3.05) is 31.2 Å². The minimum Gasteiger partial charge on any atom is -0.444 e. The summed E-state index contributed by atoms with van der Waals surface area (Å²) in [5.41, 5.74) is 6.48. The number of nitrogens with one attached hydrogen (secondary N) is 2. The first-order valence-electron chi connectivity index (χ1n) is 8.53. The van der Waals surface area contributed by atoms with Crippen molar-refractivity contribution in [2.24, 2.45) is 0 Å². The van der Waals surface area contributed by atoms with Crippen molar-refractivity contribution in [2.45, 2.75) is 45.3 Å². The van der Waals surface area contributed by atoms with Crippen LogP contribution in [-0.2, 0) is 4.74 Å². The van der Waals surface area contributed by atoms with Gasteiger partial charge < -0.3 is 20.7 Å². The smallest absolute Gasteiger partial charge is 0.412 e.